The monoisotopic (exact) mass is 260 g/mol. The van der Waals surface area contributed by atoms with Crippen LogP contribution in [-0.4, -0.2) is 5.78 Å². The van der Waals surface area contributed by atoms with E-state index in [0.717, 1.165) is 37.7 Å². The Morgan fingerprint density at radius 2 is 1.53 bits per heavy atom. The number of rotatable bonds is 8. The van der Waals surface area contributed by atoms with Gasteiger partial charge in [0.2, 0.25) is 0 Å². The lowest BCUT2D eigenvalue weighted by Gasteiger charge is -2.15. The quantitative estimate of drug-likeness (QED) is 0.556. The van der Waals surface area contributed by atoms with Crippen LogP contribution in [0.3, 0.4) is 0 Å². The first-order valence-corrected chi connectivity index (χ1v) is 7.78. The van der Waals surface area contributed by atoms with Gasteiger partial charge < -0.3 is 0 Å². The lowest BCUT2D eigenvalue weighted by molar-refractivity contribution is 0.0905. The van der Waals surface area contributed by atoms with Gasteiger partial charge in [-0.1, -0.05) is 64.8 Å². The molecule has 0 fully saturated rings. The van der Waals surface area contributed by atoms with Crippen LogP contribution < -0.4 is 0 Å². The van der Waals surface area contributed by atoms with Crippen LogP contribution in [0.5, 0.6) is 0 Å². The predicted octanol–water partition coefficient (Wildman–Crippen LogP) is 5.60. The molecule has 1 rings (SSSR count). The zero-order valence-electron chi connectivity index (χ0n) is 12.9. The van der Waals surface area contributed by atoms with E-state index >= 15 is 0 Å². The Bertz CT molecular complexity index is 371. The maximum atomic E-state index is 12.5. The van der Waals surface area contributed by atoms with Crippen LogP contribution >= 0.6 is 0 Å². The van der Waals surface area contributed by atoms with Crippen molar-refractivity contribution < 1.29 is 4.79 Å². The molecule has 0 heterocycles. The summed E-state index contributed by atoms with van der Waals surface area (Å²) in [5, 5.41) is 0. The lowest BCUT2D eigenvalue weighted by Crippen LogP contribution is -2.14. The van der Waals surface area contributed by atoms with Gasteiger partial charge in [0.1, 0.15) is 0 Å². The molecule has 0 N–H and O–H groups in total. The molecule has 1 unspecified atom stereocenters. The molecule has 1 atom stereocenters. The molecule has 0 aromatic heterocycles. The van der Waals surface area contributed by atoms with Gasteiger partial charge in [-0.05, 0) is 30.7 Å². The fourth-order valence-electron chi connectivity index (χ4n) is 2.55. The molecule has 0 saturated heterocycles. The Balaban J connectivity index is 2.80. The number of hydrogen-bond donors (Lipinski definition) is 0. The van der Waals surface area contributed by atoms with E-state index in [1.807, 2.05) is 12.1 Å². The van der Waals surface area contributed by atoms with Crippen LogP contribution in [0.25, 0.3) is 0 Å². The molecule has 0 aliphatic heterocycles. The highest BCUT2D eigenvalue weighted by Crippen LogP contribution is 2.22. The number of benzene rings is 1. The van der Waals surface area contributed by atoms with Crippen LogP contribution in [-0.2, 0) is 0 Å². The average Bonchev–Trinajstić information content (AvgIpc) is 2.45. The van der Waals surface area contributed by atoms with Gasteiger partial charge in [0, 0.05) is 11.5 Å². The summed E-state index contributed by atoms with van der Waals surface area (Å²) < 4.78 is 0. The summed E-state index contributed by atoms with van der Waals surface area (Å²) >= 11 is 0. The summed E-state index contributed by atoms with van der Waals surface area (Å²) in [5.74, 6) is 1.12. The van der Waals surface area contributed by atoms with E-state index in [1.165, 1.54) is 5.56 Å². The van der Waals surface area contributed by atoms with Gasteiger partial charge in [0.05, 0.1) is 0 Å². The van der Waals surface area contributed by atoms with Crippen LogP contribution in [0.1, 0.15) is 81.6 Å². The first-order chi connectivity index (χ1) is 9.13. The molecule has 0 radical (unpaired) electrons. The van der Waals surface area contributed by atoms with E-state index < -0.39 is 0 Å². The van der Waals surface area contributed by atoms with Gasteiger partial charge in [0.15, 0.2) is 5.78 Å². The maximum absolute atomic E-state index is 12.5. The second-order valence-electron chi connectivity index (χ2n) is 5.57. The number of hydrogen-bond acceptors (Lipinski definition) is 1. The van der Waals surface area contributed by atoms with E-state index in [0.29, 0.717) is 11.7 Å². The smallest absolute Gasteiger partial charge is 0.165 e. The summed E-state index contributed by atoms with van der Waals surface area (Å²) in [6.07, 6.45) is 5.34. The van der Waals surface area contributed by atoms with E-state index in [9.17, 15) is 4.79 Å². The Kier molecular flexibility index (Phi) is 6.83. The van der Waals surface area contributed by atoms with Crippen molar-refractivity contribution >= 4 is 5.78 Å². The minimum absolute atomic E-state index is 0.212. The van der Waals surface area contributed by atoms with Gasteiger partial charge in [-0.2, -0.15) is 0 Å². The lowest BCUT2D eigenvalue weighted by atomic mass is 9.88. The molecular formula is C18H28O. The Labute approximate surface area is 118 Å². The van der Waals surface area contributed by atoms with E-state index in [4.69, 9.17) is 0 Å². The Morgan fingerprint density at radius 3 is 1.95 bits per heavy atom. The van der Waals surface area contributed by atoms with Crippen molar-refractivity contribution in [2.75, 3.05) is 0 Å². The highest BCUT2D eigenvalue weighted by atomic mass is 16.1. The molecule has 19 heavy (non-hydrogen) atoms. The minimum atomic E-state index is 0.212. The van der Waals surface area contributed by atoms with Gasteiger partial charge in [-0.25, -0.2) is 0 Å². The normalized spacial score (nSPS) is 12.7. The summed E-state index contributed by atoms with van der Waals surface area (Å²) in [5.41, 5.74) is 2.22. The number of carbonyl (C=O) groups is 1. The molecule has 0 spiro atoms. The van der Waals surface area contributed by atoms with Crippen molar-refractivity contribution in [2.24, 2.45) is 5.92 Å². The molecule has 0 aliphatic carbocycles. The van der Waals surface area contributed by atoms with Crippen molar-refractivity contribution in [1.82, 2.24) is 0 Å². The molecule has 0 aliphatic rings. The van der Waals surface area contributed by atoms with Crippen LogP contribution in [0.4, 0.5) is 0 Å². The molecule has 1 aromatic carbocycles. The SMILES string of the molecule is CCCC(CCC)C(=O)c1ccc(C(C)CC)cc1. The minimum Gasteiger partial charge on any atom is -0.294 e. The third kappa shape index (κ3) is 4.49. The number of ketones is 1. The molecule has 106 valence electrons. The topological polar surface area (TPSA) is 17.1 Å². The van der Waals surface area contributed by atoms with Gasteiger partial charge in [-0.3, -0.25) is 4.79 Å². The van der Waals surface area contributed by atoms with E-state index in [-0.39, 0.29) is 5.92 Å². The maximum Gasteiger partial charge on any atom is 0.165 e. The zero-order valence-corrected chi connectivity index (χ0v) is 12.9. The second-order valence-corrected chi connectivity index (χ2v) is 5.57. The molecular weight excluding hydrogens is 232 g/mol. The first-order valence-electron chi connectivity index (χ1n) is 7.78. The fraction of sp³-hybridized carbons (Fsp3) is 0.611. The Morgan fingerprint density at radius 1 is 1.00 bits per heavy atom. The first kappa shape index (κ1) is 15.9. The summed E-state index contributed by atoms with van der Waals surface area (Å²) in [6, 6.07) is 8.27. The van der Waals surface area contributed by atoms with E-state index in [1.54, 1.807) is 0 Å². The third-order valence-electron chi connectivity index (χ3n) is 4.02. The van der Waals surface area contributed by atoms with Crippen molar-refractivity contribution in [3.63, 3.8) is 0 Å². The predicted molar refractivity (Wildman–Crippen MR) is 82.8 cm³/mol. The summed E-state index contributed by atoms with van der Waals surface area (Å²) in [7, 11) is 0. The van der Waals surface area contributed by atoms with Crippen molar-refractivity contribution in [3.8, 4) is 0 Å². The van der Waals surface area contributed by atoms with Crippen LogP contribution in [0.2, 0.25) is 0 Å². The molecule has 0 bridgehead atoms. The Hall–Kier alpha value is -1.11. The second kappa shape index (κ2) is 8.14. The van der Waals surface area contributed by atoms with Crippen molar-refractivity contribution in [1.29, 1.82) is 0 Å². The van der Waals surface area contributed by atoms with Gasteiger partial charge in [-0.15, -0.1) is 0 Å². The highest BCUT2D eigenvalue weighted by Gasteiger charge is 2.18. The number of Topliss-reactive ketones (excluding diaryl/α,β-unsaturated/α-hetero) is 1. The van der Waals surface area contributed by atoms with E-state index in [2.05, 4.69) is 39.8 Å². The van der Waals surface area contributed by atoms with Crippen LogP contribution in [0.15, 0.2) is 24.3 Å². The highest BCUT2D eigenvalue weighted by molar-refractivity contribution is 5.97. The molecule has 1 aromatic rings. The summed E-state index contributed by atoms with van der Waals surface area (Å²) in [6.45, 7) is 8.74. The number of carbonyl (C=O) groups excluding carboxylic acids is 1. The largest absolute Gasteiger partial charge is 0.294 e. The van der Waals surface area contributed by atoms with Crippen molar-refractivity contribution in [3.05, 3.63) is 35.4 Å². The molecule has 0 saturated carbocycles. The zero-order chi connectivity index (χ0) is 14.3. The fourth-order valence-corrected chi connectivity index (χ4v) is 2.55. The third-order valence-corrected chi connectivity index (χ3v) is 4.02. The van der Waals surface area contributed by atoms with Gasteiger partial charge >= 0.3 is 0 Å². The van der Waals surface area contributed by atoms with Crippen LogP contribution in [0, 0.1) is 5.92 Å². The van der Waals surface area contributed by atoms with Crippen molar-refractivity contribution in [2.45, 2.75) is 65.7 Å². The molecule has 0 amide bonds. The average molecular weight is 260 g/mol. The van der Waals surface area contributed by atoms with Gasteiger partial charge in [0.25, 0.3) is 0 Å². The molecule has 1 heteroatoms. The summed E-state index contributed by atoms with van der Waals surface area (Å²) in [4.78, 5) is 12.5. The molecule has 1 nitrogen and oxygen atoms in total. The standard InChI is InChI=1S/C18H28O/c1-5-8-16(9-6-2)18(19)17-12-10-15(11-13-17)14(4)7-3/h10-14,16H,5-9H2,1-4H3.